The van der Waals surface area contributed by atoms with Crippen molar-refractivity contribution in [1.82, 2.24) is 20.2 Å². The minimum absolute atomic E-state index is 0.0113. The molecule has 134 valence electrons. The van der Waals surface area contributed by atoms with E-state index in [1.807, 2.05) is 20.2 Å². The van der Waals surface area contributed by atoms with E-state index in [0.717, 1.165) is 19.4 Å². The maximum atomic E-state index is 12.7. The second-order valence-electron chi connectivity index (χ2n) is 6.62. The third-order valence-corrected chi connectivity index (χ3v) is 5.35. The van der Waals surface area contributed by atoms with Crippen LogP contribution in [0.3, 0.4) is 0 Å². The van der Waals surface area contributed by atoms with Crippen LogP contribution in [0.15, 0.2) is 35.3 Å². The summed E-state index contributed by atoms with van der Waals surface area (Å²) in [6.07, 6.45) is 5.39. The highest BCUT2D eigenvalue weighted by Crippen LogP contribution is 2.22. The Balaban J connectivity index is 1.57. The minimum Gasteiger partial charge on any atom is -0.354 e. The van der Waals surface area contributed by atoms with Crippen LogP contribution >= 0.6 is 11.3 Å². The summed E-state index contributed by atoms with van der Waals surface area (Å²) in [5, 5.41) is 7.37. The average Bonchev–Trinajstić information content (AvgIpc) is 3.16. The van der Waals surface area contributed by atoms with Gasteiger partial charge in [-0.25, -0.2) is 9.97 Å². The van der Waals surface area contributed by atoms with Crippen LogP contribution in [0.4, 0.5) is 5.95 Å². The van der Waals surface area contributed by atoms with Crippen molar-refractivity contribution in [3.05, 3.63) is 40.8 Å². The lowest BCUT2D eigenvalue weighted by molar-refractivity contribution is -0.125. The standard InChI is InChI=1S/C18H25N5OS/c1-22(2)16(15-6-10-25-13-15)11-21-17(24)14-5-3-9-23(12-14)18-19-7-4-8-20-18/h4,6-8,10,13-14,16H,3,5,9,11-12H2,1-2H3,(H,21,24)/t14-,16-/m1/s1. The largest absolute Gasteiger partial charge is 0.354 e. The molecule has 6 nitrogen and oxygen atoms in total. The highest BCUT2D eigenvalue weighted by molar-refractivity contribution is 7.07. The molecule has 1 saturated heterocycles. The molecule has 1 N–H and O–H groups in total. The number of likely N-dealkylation sites (N-methyl/N-ethyl adjacent to an activating group) is 1. The van der Waals surface area contributed by atoms with Gasteiger partial charge in [0.15, 0.2) is 0 Å². The Kier molecular flexibility index (Phi) is 5.99. The highest BCUT2D eigenvalue weighted by Gasteiger charge is 2.27. The van der Waals surface area contributed by atoms with E-state index >= 15 is 0 Å². The van der Waals surface area contributed by atoms with Gasteiger partial charge in [0.1, 0.15) is 0 Å². The van der Waals surface area contributed by atoms with Gasteiger partial charge in [0.25, 0.3) is 0 Å². The number of anilines is 1. The molecule has 2 aromatic rings. The van der Waals surface area contributed by atoms with Crippen LogP contribution in [0.5, 0.6) is 0 Å². The highest BCUT2D eigenvalue weighted by atomic mass is 32.1. The van der Waals surface area contributed by atoms with E-state index < -0.39 is 0 Å². The Labute approximate surface area is 152 Å². The second kappa shape index (κ2) is 8.40. The number of rotatable bonds is 6. The number of nitrogens with zero attached hydrogens (tertiary/aromatic N) is 4. The molecule has 0 aromatic carbocycles. The molecule has 0 aliphatic carbocycles. The van der Waals surface area contributed by atoms with Gasteiger partial charge in [-0.15, -0.1) is 0 Å². The number of nitrogens with one attached hydrogen (secondary N) is 1. The van der Waals surface area contributed by atoms with Crippen LogP contribution in [0, 0.1) is 5.92 Å². The Morgan fingerprint density at radius 3 is 2.92 bits per heavy atom. The van der Waals surface area contributed by atoms with Crippen LogP contribution in [-0.2, 0) is 4.79 Å². The van der Waals surface area contributed by atoms with Crippen molar-refractivity contribution in [3.8, 4) is 0 Å². The Hall–Kier alpha value is -1.99. The molecule has 1 aliphatic heterocycles. The summed E-state index contributed by atoms with van der Waals surface area (Å²) in [4.78, 5) is 25.5. The number of aromatic nitrogens is 2. The van der Waals surface area contributed by atoms with Crippen molar-refractivity contribution < 1.29 is 4.79 Å². The van der Waals surface area contributed by atoms with Crippen LogP contribution in [-0.4, -0.2) is 54.5 Å². The zero-order chi connectivity index (χ0) is 17.6. The van der Waals surface area contributed by atoms with Crippen molar-refractivity contribution in [1.29, 1.82) is 0 Å². The normalized spacial score (nSPS) is 19.0. The van der Waals surface area contributed by atoms with Gasteiger partial charge in [-0.05, 0) is 55.4 Å². The fraction of sp³-hybridized carbons (Fsp3) is 0.500. The summed E-state index contributed by atoms with van der Waals surface area (Å²) in [5.74, 6) is 0.829. The van der Waals surface area contributed by atoms with E-state index in [1.54, 1.807) is 23.7 Å². The number of thiophene rings is 1. The van der Waals surface area contributed by atoms with E-state index in [-0.39, 0.29) is 17.9 Å². The third kappa shape index (κ3) is 4.55. The number of hydrogen-bond donors (Lipinski definition) is 1. The molecular formula is C18H25N5OS. The number of amides is 1. The lowest BCUT2D eigenvalue weighted by atomic mass is 9.97. The first kappa shape index (κ1) is 17.8. The van der Waals surface area contributed by atoms with Crippen molar-refractivity contribution in [2.24, 2.45) is 5.92 Å². The fourth-order valence-corrected chi connectivity index (χ4v) is 3.94. The molecule has 7 heteroatoms. The van der Waals surface area contributed by atoms with E-state index in [1.165, 1.54) is 5.56 Å². The van der Waals surface area contributed by atoms with Gasteiger partial charge in [-0.1, -0.05) is 0 Å². The summed E-state index contributed by atoms with van der Waals surface area (Å²) >= 11 is 1.69. The van der Waals surface area contributed by atoms with E-state index in [2.05, 4.69) is 41.9 Å². The first-order valence-corrected chi connectivity index (χ1v) is 9.57. The summed E-state index contributed by atoms with van der Waals surface area (Å²) in [5.41, 5.74) is 1.25. The number of carbonyl (C=O) groups is 1. The Morgan fingerprint density at radius 1 is 1.44 bits per heavy atom. The zero-order valence-corrected chi connectivity index (χ0v) is 15.6. The molecule has 25 heavy (non-hydrogen) atoms. The number of piperidine rings is 1. The number of carbonyl (C=O) groups excluding carboxylic acids is 1. The van der Waals surface area contributed by atoms with Crippen LogP contribution < -0.4 is 10.2 Å². The van der Waals surface area contributed by atoms with Gasteiger partial charge in [0, 0.05) is 32.0 Å². The summed E-state index contributed by atoms with van der Waals surface area (Å²) in [6, 6.07) is 4.13. The molecule has 1 fully saturated rings. The van der Waals surface area contributed by atoms with Crippen molar-refractivity contribution in [2.45, 2.75) is 18.9 Å². The molecule has 1 amide bonds. The third-order valence-electron chi connectivity index (χ3n) is 4.65. The predicted molar refractivity (Wildman–Crippen MR) is 101 cm³/mol. The smallest absolute Gasteiger partial charge is 0.225 e. The summed E-state index contributed by atoms with van der Waals surface area (Å²) in [6.45, 7) is 2.21. The lowest BCUT2D eigenvalue weighted by Gasteiger charge is -2.32. The quantitative estimate of drug-likeness (QED) is 0.856. The maximum absolute atomic E-state index is 12.7. The predicted octanol–water partition coefficient (Wildman–Crippen LogP) is 2.17. The topological polar surface area (TPSA) is 61.4 Å². The molecule has 0 radical (unpaired) electrons. The van der Waals surface area contributed by atoms with Gasteiger partial charge < -0.3 is 15.1 Å². The molecule has 3 rings (SSSR count). The first-order valence-electron chi connectivity index (χ1n) is 8.63. The Bertz CT molecular complexity index is 661. The van der Waals surface area contributed by atoms with Crippen LogP contribution in [0.25, 0.3) is 0 Å². The van der Waals surface area contributed by atoms with Gasteiger partial charge in [-0.3, -0.25) is 4.79 Å². The lowest BCUT2D eigenvalue weighted by Crippen LogP contribution is -2.45. The van der Waals surface area contributed by atoms with E-state index in [9.17, 15) is 4.79 Å². The monoisotopic (exact) mass is 359 g/mol. The van der Waals surface area contributed by atoms with Crippen LogP contribution in [0.1, 0.15) is 24.4 Å². The zero-order valence-electron chi connectivity index (χ0n) is 14.8. The first-order chi connectivity index (χ1) is 12.1. The summed E-state index contributed by atoms with van der Waals surface area (Å²) in [7, 11) is 4.09. The molecular weight excluding hydrogens is 334 g/mol. The van der Waals surface area contributed by atoms with E-state index in [4.69, 9.17) is 0 Å². The minimum atomic E-state index is -0.0113. The molecule has 0 unspecified atom stereocenters. The SMILES string of the molecule is CN(C)[C@H](CNC(=O)[C@@H]1CCCN(c2ncccn2)C1)c1ccsc1. The van der Waals surface area contributed by atoms with E-state index in [0.29, 0.717) is 19.0 Å². The molecule has 2 atom stereocenters. The molecule has 1 aliphatic rings. The molecule has 0 spiro atoms. The number of hydrogen-bond acceptors (Lipinski definition) is 6. The molecule has 2 aromatic heterocycles. The van der Waals surface area contributed by atoms with Crippen molar-refractivity contribution >= 4 is 23.2 Å². The molecule has 0 saturated carbocycles. The van der Waals surface area contributed by atoms with Gasteiger partial charge in [0.05, 0.1) is 12.0 Å². The molecule has 0 bridgehead atoms. The average molecular weight is 359 g/mol. The maximum Gasteiger partial charge on any atom is 0.225 e. The van der Waals surface area contributed by atoms with Gasteiger partial charge in [-0.2, -0.15) is 11.3 Å². The van der Waals surface area contributed by atoms with Gasteiger partial charge >= 0.3 is 0 Å². The summed E-state index contributed by atoms with van der Waals surface area (Å²) < 4.78 is 0. The van der Waals surface area contributed by atoms with Crippen molar-refractivity contribution in [2.75, 3.05) is 38.6 Å². The second-order valence-corrected chi connectivity index (χ2v) is 7.40. The van der Waals surface area contributed by atoms with Crippen molar-refractivity contribution in [3.63, 3.8) is 0 Å². The Morgan fingerprint density at radius 2 is 2.24 bits per heavy atom. The fourth-order valence-electron chi connectivity index (χ4n) is 3.23. The van der Waals surface area contributed by atoms with Crippen LogP contribution in [0.2, 0.25) is 0 Å². The molecule has 3 heterocycles. The van der Waals surface area contributed by atoms with Gasteiger partial charge in [0.2, 0.25) is 11.9 Å².